The molecular formula is C25H29N3O5. The minimum atomic E-state index is -0.686. The number of morpholine rings is 1. The van der Waals surface area contributed by atoms with E-state index >= 15 is 0 Å². The number of hydrogen-bond donors (Lipinski definition) is 1. The fourth-order valence-electron chi connectivity index (χ4n) is 4.19. The Hall–Kier alpha value is -3.23. The summed E-state index contributed by atoms with van der Waals surface area (Å²) in [5, 5.41) is 11.2. The number of benzene rings is 1. The molecule has 1 aromatic heterocycles. The molecule has 1 aromatic carbocycles. The van der Waals surface area contributed by atoms with E-state index in [0.29, 0.717) is 44.2 Å². The Bertz CT molecular complexity index is 1020. The van der Waals surface area contributed by atoms with Crippen LogP contribution in [0.3, 0.4) is 0 Å². The second-order valence-corrected chi connectivity index (χ2v) is 8.10. The van der Waals surface area contributed by atoms with E-state index in [4.69, 9.17) is 9.47 Å². The first-order valence-electron chi connectivity index (χ1n) is 11.3. The molecule has 1 unspecified atom stereocenters. The predicted molar refractivity (Wildman–Crippen MR) is 123 cm³/mol. The Kier molecular flexibility index (Phi) is 7.36. The maximum absolute atomic E-state index is 13.1. The molecule has 2 aromatic rings. The van der Waals surface area contributed by atoms with Crippen molar-refractivity contribution in [3.63, 3.8) is 0 Å². The van der Waals surface area contributed by atoms with Crippen molar-refractivity contribution in [2.75, 3.05) is 46.0 Å². The fourth-order valence-corrected chi connectivity index (χ4v) is 4.19. The number of ketones is 1. The van der Waals surface area contributed by atoms with E-state index in [2.05, 4.69) is 9.88 Å². The highest BCUT2D eigenvalue weighted by Gasteiger charge is 2.46. The number of pyridine rings is 1. The number of Topliss-reactive ketones (excluding diaryl/α,β-unsaturated/α-hetero) is 1. The molecule has 0 spiro atoms. The van der Waals surface area contributed by atoms with Crippen molar-refractivity contribution in [3.8, 4) is 5.75 Å². The van der Waals surface area contributed by atoms with E-state index in [-0.39, 0.29) is 11.3 Å². The number of rotatable bonds is 8. The largest absolute Gasteiger partial charge is 0.507 e. The van der Waals surface area contributed by atoms with Gasteiger partial charge in [-0.05, 0) is 36.2 Å². The highest BCUT2D eigenvalue weighted by Crippen LogP contribution is 2.39. The summed E-state index contributed by atoms with van der Waals surface area (Å²) < 4.78 is 11.1. The van der Waals surface area contributed by atoms with E-state index < -0.39 is 17.7 Å². The summed E-state index contributed by atoms with van der Waals surface area (Å²) >= 11 is 0. The number of carbonyl (C=O) groups is 2. The topological polar surface area (TPSA) is 92.2 Å². The summed E-state index contributed by atoms with van der Waals surface area (Å²) in [5.41, 5.74) is 1.25. The second kappa shape index (κ2) is 10.6. The molecule has 2 saturated heterocycles. The quantitative estimate of drug-likeness (QED) is 0.375. The molecule has 2 aliphatic heterocycles. The molecule has 3 heterocycles. The van der Waals surface area contributed by atoms with Gasteiger partial charge in [-0.15, -0.1) is 0 Å². The Balaban J connectivity index is 1.69. The van der Waals surface area contributed by atoms with Crippen LogP contribution in [0.15, 0.2) is 54.4 Å². The SMILES string of the molecule is CCCOc1cccc(C(O)=C2C(=O)C(=O)N(CCN3CCOCC3)C2c2ccncc2)c1. The molecular weight excluding hydrogens is 422 g/mol. The highest BCUT2D eigenvalue weighted by atomic mass is 16.5. The van der Waals surface area contributed by atoms with Gasteiger partial charge in [0, 0.05) is 44.1 Å². The van der Waals surface area contributed by atoms with Crippen LogP contribution < -0.4 is 4.74 Å². The van der Waals surface area contributed by atoms with E-state index in [1.807, 2.05) is 6.92 Å². The molecule has 8 heteroatoms. The number of aliphatic hydroxyl groups excluding tert-OH is 1. The molecule has 8 nitrogen and oxygen atoms in total. The van der Waals surface area contributed by atoms with Crippen LogP contribution in [0.5, 0.6) is 5.75 Å². The number of amides is 1. The van der Waals surface area contributed by atoms with Crippen molar-refractivity contribution >= 4 is 17.4 Å². The number of ether oxygens (including phenoxy) is 2. The van der Waals surface area contributed by atoms with Crippen molar-refractivity contribution < 1.29 is 24.2 Å². The van der Waals surface area contributed by atoms with Gasteiger partial charge >= 0.3 is 0 Å². The number of hydrogen-bond acceptors (Lipinski definition) is 7. The first-order chi connectivity index (χ1) is 16.1. The minimum Gasteiger partial charge on any atom is -0.507 e. The van der Waals surface area contributed by atoms with E-state index in [1.54, 1.807) is 53.7 Å². The molecule has 2 fully saturated rings. The average Bonchev–Trinajstić information content (AvgIpc) is 3.12. The number of aromatic nitrogens is 1. The lowest BCUT2D eigenvalue weighted by Gasteiger charge is -2.31. The van der Waals surface area contributed by atoms with Gasteiger partial charge in [0.15, 0.2) is 0 Å². The maximum atomic E-state index is 13.1. The Morgan fingerprint density at radius 3 is 2.64 bits per heavy atom. The highest BCUT2D eigenvalue weighted by molar-refractivity contribution is 6.46. The maximum Gasteiger partial charge on any atom is 0.295 e. The molecule has 33 heavy (non-hydrogen) atoms. The lowest BCUT2D eigenvalue weighted by atomic mass is 9.96. The summed E-state index contributed by atoms with van der Waals surface area (Å²) in [5.74, 6) is -0.893. The molecule has 0 saturated carbocycles. The number of nitrogens with zero attached hydrogens (tertiary/aromatic N) is 3. The van der Waals surface area contributed by atoms with Gasteiger partial charge in [0.05, 0.1) is 31.4 Å². The van der Waals surface area contributed by atoms with Gasteiger partial charge < -0.3 is 19.5 Å². The van der Waals surface area contributed by atoms with E-state index in [1.165, 1.54) is 0 Å². The first kappa shape index (κ1) is 22.9. The summed E-state index contributed by atoms with van der Waals surface area (Å²) in [6.45, 7) is 6.44. The Morgan fingerprint density at radius 1 is 1.15 bits per heavy atom. The van der Waals surface area contributed by atoms with Gasteiger partial charge in [0.1, 0.15) is 11.5 Å². The van der Waals surface area contributed by atoms with Gasteiger partial charge in [-0.2, -0.15) is 0 Å². The molecule has 1 amide bonds. The number of likely N-dealkylation sites (tertiary alicyclic amines) is 1. The van der Waals surface area contributed by atoms with Crippen LogP contribution in [0.2, 0.25) is 0 Å². The van der Waals surface area contributed by atoms with Crippen LogP contribution in [-0.4, -0.2) is 77.6 Å². The van der Waals surface area contributed by atoms with Crippen LogP contribution in [0.25, 0.3) is 5.76 Å². The molecule has 0 bridgehead atoms. The lowest BCUT2D eigenvalue weighted by molar-refractivity contribution is -0.140. The van der Waals surface area contributed by atoms with Crippen LogP contribution in [0.4, 0.5) is 0 Å². The summed E-state index contributed by atoms with van der Waals surface area (Å²) in [6.07, 6.45) is 4.10. The zero-order valence-electron chi connectivity index (χ0n) is 18.8. The summed E-state index contributed by atoms with van der Waals surface area (Å²) in [6, 6.07) is 9.81. The fraction of sp³-hybridized carbons (Fsp3) is 0.400. The molecule has 1 atom stereocenters. The molecule has 1 N–H and O–H groups in total. The lowest BCUT2D eigenvalue weighted by Crippen LogP contribution is -2.42. The molecule has 174 valence electrons. The third-order valence-electron chi connectivity index (χ3n) is 5.90. The normalized spacial score (nSPS) is 20.9. The zero-order valence-corrected chi connectivity index (χ0v) is 18.8. The molecule has 0 aliphatic carbocycles. The van der Waals surface area contributed by atoms with Gasteiger partial charge in [0.2, 0.25) is 0 Å². The first-order valence-corrected chi connectivity index (χ1v) is 11.3. The third kappa shape index (κ3) is 5.07. The number of carbonyl (C=O) groups excluding carboxylic acids is 2. The van der Waals surface area contributed by atoms with E-state index in [9.17, 15) is 14.7 Å². The Morgan fingerprint density at radius 2 is 1.91 bits per heavy atom. The van der Waals surface area contributed by atoms with Crippen LogP contribution in [0.1, 0.15) is 30.5 Å². The van der Waals surface area contributed by atoms with Crippen LogP contribution >= 0.6 is 0 Å². The van der Waals surface area contributed by atoms with Crippen molar-refractivity contribution in [2.24, 2.45) is 0 Å². The molecule has 4 rings (SSSR count). The monoisotopic (exact) mass is 451 g/mol. The van der Waals surface area contributed by atoms with Gasteiger partial charge in [-0.1, -0.05) is 19.1 Å². The molecule has 2 aliphatic rings. The van der Waals surface area contributed by atoms with E-state index in [0.717, 1.165) is 25.1 Å². The van der Waals surface area contributed by atoms with Gasteiger partial charge in [-0.25, -0.2) is 0 Å². The third-order valence-corrected chi connectivity index (χ3v) is 5.90. The van der Waals surface area contributed by atoms with Crippen molar-refractivity contribution in [3.05, 3.63) is 65.5 Å². The predicted octanol–water partition coefficient (Wildman–Crippen LogP) is 2.62. The smallest absolute Gasteiger partial charge is 0.295 e. The van der Waals surface area contributed by atoms with Gasteiger partial charge in [-0.3, -0.25) is 19.5 Å². The van der Waals surface area contributed by atoms with Crippen LogP contribution in [-0.2, 0) is 14.3 Å². The summed E-state index contributed by atoms with van der Waals surface area (Å²) in [4.78, 5) is 34.0. The Labute approximate surface area is 193 Å². The minimum absolute atomic E-state index is 0.0841. The van der Waals surface area contributed by atoms with Crippen molar-refractivity contribution in [2.45, 2.75) is 19.4 Å². The second-order valence-electron chi connectivity index (χ2n) is 8.10. The van der Waals surface area contributed by atoms with Crippen molar-refractivity contribution in [1.29, 1.82) is 0 Å². The zero-order chi connectivity index (χ0) is 23.2. The average molecular weight is 452 g/mol. The standard InChI is InChI=1S/C25H29N3O5/c1-2-14-33-20-5-3-4-19(17-20)23(29)21-22(18-6-8-26-9-7-18)28(25(31)24(21)30)11-10-27-12-15-32-16-13-27/h3-9,17,22,29H,2,10-16H2,1H3. The van der Waals surface area contributed by atoms with Gasteiger partial charge in [0.25, 0.3) is 11.7 Å². The number of aliphatic hydroxyl groups is 1. The summed E-state index contributed by atoms with van der Waals surface area (Å²) in [7, 11) is 0. The van der Waals surface area contributed by atoms with Crippen molar-refractivity contribution in [1.82, 2.24) is 14.8 Å². The van der Waals surface area contributed by atoms with Crippen LogP contribution in [0, 0.1) is 0 Å². The molecule has 0 radical (unpaired) electrons.